The highest BCUT2D eigenvalue weighted by Gasteiger charge is 2.32. The van der Waals surface area contributed by atoms with Gasteiger partial charge in [0.15, 0.2) is 12.2 Å². The van der Waals surface area contributed by atoms with Crippen molar-refractivity contribution >= 4 is 51.4 Å². The van der Waals surface area contributed by atoms with Crippen LogP contribution in [0.3, 0.4) is 0 Å². The molecule has 2 aliphatic rings. The first-order valence-electron chi connectivity index (χ1n) is 11.1. The molecule has 9 heteroatoms. The molecule has 2 aromatic heterocycles. The van der Waals surface area contributed by atoms with Crippen LogP contribution < -0.4 is 9.88 Å². The molecule has 0 saturated heterocycles. The molecule has 0 saturated carbocycles. The molecule has 33 heavy (non-hydrogen) atoms. The van der Waals surface area contributed by atoms with Crippen molar-refractivity contribution in [1.82, 2.24) is 4.57 Å². The van der Waals surface area contributed by atoms with Gasteiger partial charge in [0.2, 0.25) is 0 Å². The van der Waals surface area contributed by atoms with Gasteiger partial charge in [-0.25, -0.2) is 13.9 Å². The fourth-order valence-corrected chi connectivity index (χ4v) is 6.36. The highest BCUT2D eigenvalue weighted by molar-refractivity contribution is 7.17. The average molecular weight is 505 g/mol. The van der Waals surface area contributed by atoms with E-state index in [1.165, 1.54) is 16.2 Å². The summed E-state index contributed by atoms with van der Waals surface area (Å²) < 4.78 is 9.49. The molecule has 1 aliphatic heterocycles. The molecule has 1 amide bonds. The summed E-state index contributed by atoms with van der Waals surface area (Å²) >= 11 is 13.8. The molecule has 0 spiro atoms. The number of hydrogen-bond donors (Lipinski definition) is 1. The van der Waals surface area contributed by atoms with Gasteiger partial charge in [-0.1, -0.05) is 23.2 Å². The third kappa shape index (κ3) is 4.18. The second-order valence-electron chi connectivity index (χ2n) is 8.27. The zero-order valence-electron chi connectivity index (χ0n) is 18.2. The van der Waals surface area contributed by atoms with E-state index in [-0.39, 0.29) is 18.4 Å². The third-order valence-electron chi connectivity index (χ3n) is 6.18. The predicted octanol–water partition coefficient (Wildman–Crippen LogP) is 5.06. The molecule has 3 heterocycles. The van der Waals surface area contributed by atoms with Crippen LogP contribution in [0.15, 0.2) is 24.4 Å². The number of carbonyl (C=O) groups excluding carboxylic acids is 2. The molecule has 3 aromatic rings. The van der Waals surface area contributed by atoms with Crippen molar-refractivity contribution in [3.05, 3.63) is 56.3 Å². The number of ether oxygens (including phenoxy) is 1. The summed E-state index contributed by atoms with van der Waals surface area (Å²) in [5, 5.41) is 4.61. The van der Waals surface area contributed by atoms with Crippen LogP contribution in [-0.2, 0) is 41.9 Å². The Hall–Kier alpha value is -2.35. The van der Waals surface area contributed by atoms with Crippen LogP contribution in [0.1, 0.15) is 46.4 Å². The molecule has 5 rings (SSSR count). The Morgan fingerprint density at radius 3 is 2.82 bits per heavy atom. The maximum atomic E-state index is 13.1. The van der Waals surface area contributed by atoms with E-state index in [4.69, 9.17) is 27.9 Å². The summed E-state index contributed by atoms with van der Waals surface area (Å²) in [5.74, 6) is 0.587. The first-order chi connectivity index (χ1) is 16.0. The number of benzene rings is 1. The molecule has 1 N–H and O–H groups in total. The molecule has 1 aromatic carbocycles. The minimum absolute atomic E-state index is 0.161. The lowest BCUT2D eigenvalue weighted by atomic mass is 10.1. The summed E-state index contributed by atoms with van der Waals surface area (Å²) in [5.41, 5.74) is 3.54. The molecule has 172 valence electrons. The number of esters is 1. The quantitative estimate of drug-likeness (QED) is 0.376. The van der Waals surface area contributed by atoms with Crippen LogP contribution in [0.2, 0.25) is 10.0 Å². The second-order valence-corrected chi connectivity index (χ2v) is 10.2. The number of rotatable bonds is 6. The number of fused-ring (bicyclic) bond motifs is 2. The third-order valence-corrected chi connectivity index (χ3v) is 8.12. The predicted molar refractivity (Wildman–Crippen MR) is 129 cm³/mol. The van der Waals surface area contributed by atoms with Gasteiger partial charge < -0.3 is 10.1 Å². The minimum atomic E-state index is -0.355. The first-order valence-corrected chi connectivity index (χ1v) is 12.7. The highest BCUT2D eigenvalue weighted by Crippen LogP contribution is 2.39. The van der Waals surface area contributed by atoms with E-state index < -0.39 is 0 Å². The fourth-order valence-electron chi connectivity index (χ4n) is 4.76. The van der Waals surface area contributed by atoms with E-state index in [1.807, 2.05) is 22.9 Å². The van der Waals surface area contributed by atoms with Crippen molar-refractivity contribution in [2.45, 2.75) is 52.1 Å². The van der Waals surface area contributed by atoms with Crippen molar-refractivity contribution in [1.29, 1.82) is 0 Å². The first kappa shape index (κ1) is 22.4. The maximum absolute atomic E-state index is 13.1. The topological polar surface area (TPSA) is 64.2 Å². The number of hydrogen-bond acceptors (Lipinski definition) is 4. The number of amides is 1. The van der Waals surface area contributed by atoms with Gasteiger partial charge in [0, 0.05) is 10.4 Å². The lowest BCUT2D eigenvalue weighted by Crippen LogP contribution is -2.42. The van der Waals surface area contributed by atoms with Crippen LogP contribution in [0.5, 0.6) is 0 Å². The maximum Gasteiger partial charge on any atom is 0.341 e. The van der Waals surface area contributed by atoms with E-state index >= 15 is 0 Å². The summed E-state index contributed by atoms with van der Waals surface area (Å²) in [6.07, 6.45) is 6.74. The normalized spacial score (nSPS) is 14.3. The highest BCUT2D eigenvalue weighted by atomic mass is 35.5. The number of thiophene rings is 1. The van der Waals surface area contributed by atoms with E-state index in [9.17, 15) is 9.59 Å². The standard InChI is InChI=1S/C24H23Cl2N3O3S/c1-2-32-24(31)22-15-5-3-6-19(15)33-23(22)27-20(30)13-28-12-18(29-10-4-7-21(28)29)14-8-9-16(25)17(26)11-14/h8-9,11-12H,2-7,10,13H2,1H3/p+1. The monoisotopic (exact) mass is 504 g/mol. The van der Waals surface area contributed by atoms with E-state index in [0.29, 0.717) is 27.2 Å². The summed E-state index contributed by atoms with van der Waals surface area (Å²) in [4.78, 5) is 26.8. The van der Waals surface area contributed by atoms with E-state index in [2.05, 4.69) is 9.88 Å². The Balaban J connectivity index is 1.41. The minimum Gasteiger partial charge on any atom is -0.462 e. The molecule has 6 nitrogen and oxygen atoms in total. The lowest BCUT2D eigenvalue weighted by molar-refractivity contribution is -0.690. The zero-order valence-corrected chi connectivity index (χ0v) is 20.6. The number of imidazole rings is 1. The van der Waals surface area contributed by atoms with Gasteiger partial charge in [-0.05, 0) is 56.4 Å². The summed E-state index contributed by atoms with van der Waals surface area (Å²) in [6.45, 7) is 3.16. The van der Waals surface area contributed by atoms with Crippen molar-refractivity contribution in [2.75, 3.05) is 11.9 Å². The van der Waals surface area contributed by atoms with Crippen LogP contribution in [0.25, 0.3) is 11.3 Å². The molecule has 0 unspecified atom stereocenters. The number of nitrogens with zero attached hydrogens (tertiary/aromatic N) is 2. The van der Waals surface area contributed by atoms with E-state index in [1.54, 1.807) is 13.0 Å². The van der Waals surface area contributed by atoms with Crippen molar-refractivity contribution in [3.63, 3.8) is 0 Å². The van der Waals surface area contributed by atoms with Gasteiger partial charge in [0.25, 0.3) is 11.7 Å². The van der Waals surface area contributed by atoms with E-state index in [0.717, 1.165) is 61.3 Å². The van der Waals surface area contributed by atoms with Gasteiger partial charge in [-0.2, -0.15) is 0 Å². The molecular formula is C24H24Cl2N3O3S+. The second kappa shape index (κ2) is 9.12. The molecule has 0 bridgehead atoms. The Bertz CT molecular complexity index is 1260. The van der Waals surface area contributed by atoms with Gasteiger partial charge in [0.1, 0.15) is 11.2 Å². The van der Waals surface area contributed by atoms with Crippen LogP contribution in [0.4, 0.5) is 5.00 Å². The zero-order chi connectivity index (χ0) is 23.1. The van der Waals surface area contributed by atoms with Crippen LogP contribution >= 0.6 is 34.5 Å². The molecule has 0 radical (unpaired) electrons. The fraction of sp³-hybridized carbons (Fsp3) is 0.375. The Morgan fingerprint density at radius 2 is 2.03 bits per heavy atom. The van der Waals surface area contributed by atoms with Crippen LogP contribution in [0, 0.1) is 0 Å². The van der Waals surface area contributed by atoms with Crippen molar-refractivity contribution < 1.29 is 18.9 Å². The Kier molecular flexibility index (Phi) is 6.20. The number of anilines is 1. The van der Waals surface area contributed by atoms with Gasteiger partial charge >= 0.3 is 5.97 Å². The summed E-state index contributed by atoms with van der Waals surface area (Å²) in [7, 11) is 0. The number of halogens is 2. The smallest absolute Gasteiger partial charge is 0.341 e. The Morgan fingerprint density at radius 1 is 1.18 bits per heavy atom. The van der Waals surface area contributed by atoms with Crippen molar-refractivity contribution in [2.24, 2.45) is 0 Å². The van der Waals surface area contributed by atoms with Gasteiger partial charge in [-0.3, -0.25) is 4.79 Å². The van der Waals surface area contributed by atoms with Crippen molar-refractivity contribution in [3.8, 4) is 11.3 Å². The largest absolute Gasteiger partial charge is 0.462 e. The number of nitrogens with one attached hydrogen (secondary N) is 1. The SMILES string of the molecule is CCOC(=O)c1c(NC(=O)C[n+]2cc(-c3ccc(Cl)c(Cl)c3)n3c2CCC3)sc2c1CCC2. The number of carbonyl (C=O) groups is 2. The molecule has 0 atom stereocenters. The Labute approximate surface area is 206 Å². The molecule has 0 fully saturated rings. The van der Waals surface area contributed by atoms with Gasteiger partial charge in [0.05, 0.1) is 35.2 Å². The molecular weight excluding hydrogens is 481 g/mol. The van der Waals surface area contributed by atoms with Gasteiger partial charge in [-0.15, -0.1) is 11.3 Å². The summed E-state index contributed by atoms with van der Waals surface area (Å²) in [6, 6.07) is 5.59. The van der Waals surface area contributed by atoms with Crippen LogP contribution in [-0.4, -0.2) is 23.1 Å². The number of aryl methyl sites for hydroxylation is 1. The molecule has 1 aliphatic carbocycles. The average Bonchev–Trinajstić information content (AvgIpc) is 3.53. The lowest BCUT2D eigenvalue weighted by Gasteiger charge is -2.07. The number of aromatic nitrogens is 2.